The van der Waals surface area contributed by atoms with Crippen LogP contribution in [0.4, 0.5) is 13.2 Å². The van der Waals surface area contributed by atoms with Gasteiger partial charge in [-0.1, -0.05) is 32.0 Å². The normalized spacial score (nSPS) is 14.2. The Labute approximate surface area is 179 Å². The summed E-state index contributed by atoms with van der Waals surface area (Å²) in [4.78, 5) is 12.8. The molecule has 0 fully saturated rings. The Morgan fingerprint density at radius 1 is 1.23 bits per heavy atom. The molecule has 0 spiro atoms. The molecule has 1 heterocycles. The van der Waals surface area contributed by atoms with Crippen LogP contribution in [0.15, 0.2) is 36.4 Å². The molecule has 5 nitrogen and oxygen atoms in total. The maximum Gasteiger partial charge on any atom is 0.416 e. The highest BCUT2D eigenvalue weighted by atomic mass is 19.4. The first-order chi connectivity index (χ1) is 14.7. The van der Waals surface area contributed by atoms with Crippen molar-refractivity contribution in [3.05, 3.63) is 58.7 Å². The summed E-state index contributed by atoms with van der Waals surface area (Å²) >= 11 is 0. The zero-order valence-corrected chi connectivity index (χ0v) is 17.6. The molecule has 8 heteroatoms. The molecular weight excluding hydrogens is 409 g/mol. The number of nitrogens with one attached hydrogen (secondary N) is 1. The van der Waals surface area contributed by atoms with Crippen molar-refractivity contribution in [2.24, 2.45) is 11.7 Å². The van der Waals surface area contributed by atoms with E-state index < -0.39 is 17.8 Å². The highest BCUT2D eigenvalue weighted by Crippen LogP contribution is 2.35. The number of fused-ring (bicyclic) bond motifs is 1. The van der Waals surface area contributed by atoms with Crippen molar-refractivity contribution in [1.29, 1.82) is 0 Å². The van der Waals surface area contributed by atoms with E-state index in [2.05, 4.69) is 5.32 Å². The minimum atomic E-state index is -4.55. The lowest BCUT2D eigenvalue weighted by Gasteiger charge is -2.22. The number of rotatable bonds is 8. The third kappa shape index (κ3) is 5.91. The van der Waals surface area contributed by atoms with Gasteiger partial charge in [-0.15, -0.1) is 0 Å². The van der Waals surface area contributed by atoms with Gasteiger partial charge in [0.2, 0.25) is 0 Å². The highest BCUT2D eigenvalue weighted by Gasteiger charge is 2.34. The quantitative estimate of drug-likeness (QED) is 0.650. The first-order valence-electron chi connectivity index (χ1n) is 10.3. The molecule has 0 bridgehead atoms. The van der Waals surface area contributed by atoms with E-state index >= 15 is 0 Å². The monoisotopic (exact) mass is 436 g/mol. The Kier molecular flexibility index (Phi) is 7.10. The first kappa shape index (κ1) is 22.9. The van der Waals surface area contributed by atoms with Crippen LogP contribution in [-0.2, 0) is 30.5 Å². The molecular formula is C23H27F3N2O3. The van der Waals surface area contributed by atoms with E-state index in [9.17, 15) is 18.0 Å². The summed E-state index contributed by atoms with van der Waals surface area (Å²) in [5.74, 6) is 0.581. The van der Waals surface area contributed by atoms with Gasteiger partial charge in [-0.25, -0.2) is 0 Å². The lowest BCUT2D eigenvalue weighted by Crippen LogP contribution is -2.39. The van der Waals surface area contributed by atoms with E-state index in [0.717, 1.165) is 29.4 Å². The Hall–Kier alpha value is -2.74. The number of alkyl halides is 3. The predicted octanol–water partition coefficient (Wildman–Crippen LogP) is 4.21. The molecule has 0 saturated carbocycles. The average Bonchev–Trinajstić information content (AvgIpc) is 3.18. The van der Waals surface area contributed by atoms with Crippen LogP contribution >= 0.6 is 0 Å². The van der Waals surface area contributed by atoms with Crippen molar-refractivity contribution in [1.82, 2.24) is 5.32 Å². The molecule has 1 unspecified atom stereocenters. The number of halogens is 3. The van der Waals surface area contributed by atoms with Gasteiger partial charge in [-0.3, -0.25) is 4.79 Å². The molecule has 3 N–H and O–H groups in total. The van der Waals surface area contributed by atoms with E-state index in [4.69, 9.17) is 15.2 Å². The second kappa shape index (κ2) is 9.60. The lowest BCUT2D eigenvalue weighted by molar-refractivity contribution is -0.138. The summed E-state index contributed by atoms with van der Waals surface area (Å²) in [7, 11) is 0. The molecule has 0 saturated heterocycles. The van der Waals surface area contributed by atoms with E-state index in [1.54, 1.807) is 0 Å². The molecule has 1 aliphatic heterocycles. The summed E-state index contributed by atoms with van der Waals surface area (Å²) < 4.78 is 51.2. The SMILES string of the molecule is CC(C)CC(Oc1ccc(CN)c(C(F)(F)F)c1)C(=O)NCc1ccc2c(c1)CCO2. The summed E-state index contributed by atoms with van der Waals surface area (Å²) in [5, 5.41) is 2.84. The topological polar surface area (TPSA) is 73.6 Å². The van der Waals surface area contributed by atoms with E-state index in [0.29, 0.717) is 19.6 Å². The zero-order valence-electron chi connectivity index (χ0n) is 17.6. The molecule has 1 amide bonds. The zero-order chi connectivity index (χ0) is 22.6. The Morgan fingerprint density at radius 3 is 2.68 bits per heavy atom. The third-order valence-electron chi connectivity index (χ3n) is 5.08. The third-order valence-corrected chi connectivity index (χ3v) is 5.08. The molecule has 0 aromatic heterocycles. The maximum atomic E-state index is 13.3. The number of benzene rings is 2. The number of carbonyl (C=O) groups is 1. The van der Waals surface area contributed by atoms with Crippen molar-refractivity contribution < 1.29 is 27.4 Å². The molecule has 1 aliphatic rings. The molecule has 168 valence electrons. The van der Waals surface area contributed by atoms with Gasteiger partial charge in [0.25, 0.3) is 5.91 Å². The van der Waals surface area contributed by atoms with Crippen LogP contribution in [-0.4, -0.2) is 18.6 Å². The van der Waals surface area contributed by atoms with Gasteiger partial charge < -0.3 is 20.5 Å². The van der Waals surface area contributed by atoms with Gasteiger partial charge in [-0.05, 0) is 47.2 Å². The minimum Gasteiger partial charge on any atom is -0.493 e. The van der Waals surface area contributed by atoms with Crippen molar-refractivity contribution in [3.63, 3.8) is 0 Å². The predicted molar refractivity (Wildman–Crippen MR) is 111 cm³/mol. The number of carbonyl (C=O) groups excluding carboxylic acids is 1. The van der Waals surface area contributed by atoms with Crippen molar-refractivity contribution in [3.8, 4) is 11.5 Å². The molecule has 2 aromatic carbocycles. The van der Waals surface area contributed by atoms with E-state index in [1.807, 2.05) is 32.0 Å². The van der Waals surface area contributed by atoms with E-state index in [1.165, 1.54) is 12.1 Å². The van der Waals surface area contributed by atoms with Crippen molar-refractivity contribution in [2.45, 2.75) is 52.1 Å². The highest BCUT2D eigenvalue weighted by molar-refractivity contribution is 5.81. The fourth-order valence-electron chi connectivity index (χ4n) is 3.52. The maximum absolute atomic E-state index is 13.3. The van der Waals surface area contributed by atoms with Crippen LogP contribution < -0.4 is 20.5 Å². The van der Waals surface area contributed by atoms with Crippen LogP contribution in [0.25, 0.3) is 0 Å². The van der Waals surface area contributed by atoms with Crippen LogP contribution in [0.2, 0.25) is 0 Å². The van der Waals surface area contributed by atoms with E-state index in [-0.39, 0.29) is 29.7 Å². The second-order valence-corrected chi connectivity index (χ2v) is 8.02. The number of ether oxygens (including phenoxy) is 2. The molecule has 3 rings (SSSR count). The molecule has 2 aromatic rings. The first-order valence-corrected chi connectivity index (χ1v) is 10.3. The fraction of sp³-hybridized carbons (Fsp3) is 0.435. The minimum absolute atomic E-state index is 0.0139. The molecule has 1 atom stereocenters. The van der Waals surface area contributed by atoms with Crippen LogP contribution in [0.1, 0.15) is 42.5 Å². The number of hydrogen-bond donors (Lipinski definition) is 2. The Balaban J connectivity index is 1.71. The smallest absolute Gasteiger partial charge is 0.416 e. The van der Waals surface area contributed by atoms with Crippen molar-refractivity contribution >= 4 is 5.91 Å². The number of hydrogen-bond acceptors (Lipinski definition) is 4. The van der Waals surface area contributed by atoms with Crippen LogP contribution in [0.3, 0.4) is 0 Å². The summed E-state index contributed by atoms with van der Waals surface area (Å²) in [6.45, 7) is 4.55. The standard InChI is InChI=1S/C23H27F3N2O3/c1-14(2)9-21(31-18-5-4-17(12-27)19(11-18)23(24,25)26)22(29)28-13-15-3-6-20-16(10-15)7-8-30-20/h3-6,10-11,14,21H,7-9,12-13,27H2,1-2H3,(H,28,29). The van der Waals surface area contributed by atoms with Gasteiger partial charge >= 0.3 is 6.18 Å². The van der Waals surface area contributed by atoms with Gasteiger partial charge in [-0.2, -0.15) is 13.2 Å². The van der Waals surface area contributed by atoms with Crippen LogP contribution in [0, 0.1) is 5.92 Å². The summed E-state index contributed by atoms with van der Waals surface area (Å²) in [6.07, 6.45) is -4.27. The largest absolute Gasteiger partial charge is 0.493 e. The van der Waals surface area contributed by atoms with Gasteiger partial charge in [0.05, 0.1) is 12.2 Å². The fourth-order valence-corrected chi connectivity index (χ4v) is 3.52. The Morgan fingerprint density at radius 2 is 2.00 bits per heavy atom. The molecule has 0 aliphatic carbocycles. The van der Waals surface area contributed by atoms with Gasteiger partial charge in [0, 0.05) is 19.5 Å². The van der Waals surface area contributed by atoms with Gasteiger partial charge in [0.1, 0.15) is 11.5 Å². The summed E-state index contributed by atoms with van der Waals surface area (Å²) in [5.41, 5.74) is 6.58. The van der Waals surface area contributed by atoms with Crippen LogP contribution in [0.5, 0.6) is 11.5 Å². The average molecular weight is 436 g/mol. The Bertz CT molecular complexity index is 929. The van der Waals surface area contributed by atoms with Gasteiger partial charge in [0.15, 0.2) is 6.10 Å². The molecule has 31 heavy (non-hydrogen) atoms. The molecule has 0 radical (unpaired) electrons. The number of nitrogens with two attached hydrogens (primary N) is 1. The second-order valence-electron chi connectivity index (χ2n) is 8.02. The summed E-state index contributed by atoms with van der Waals surface area (Å²) in [6, 6.07) is 9.35. The lowest BCUT2D eigenvalue weighted by atomic mass is 10.0. The van der Waals surface area contributed by atoms with Crippen molar-refractivity contribution in [2.75, 3.05) is 6.61 Å². The number of amides is 1.